The molecule has 2 atom stereocenters. The molecule has 0 aromatic carbocycles. The van der Waals surface area contributed by atoms with Gasteiger partial charge in [0.15, 0.2) is 0 Å². The molecule has 0 N–H and O–H groups in total. The van der Waals surface area contributed by atoms with Crippen LogP contribution in [0.25, 0.3) is 0 Å². The maximum atomic E-state index is 12.3. The lowest BCUT2D eigenvalue weighted by Gasteiger charge is -2.35. The first kappa shape index (κ1) is 16.3. The molecule has 4 nitrogen and oxygen atoms in total. The second kappa shape index (κ2) is 7.17. The van der Waals surface area contributed by atoms with Gasteiger partial charge in [-0.15, -0.1) is 11.8 Å². The van der Waals surface area contributed by atoms with Crippen molar-refractivity contribution in [3.63, 3.8) is 0 Å². The molecule has 0 bridgehead atoms. The number of rotatable bonds is 4. The summed E-state index contributed by atoms with van der Waals surface area (Å²) in [6.45, 7) is 12.8. The Morgan fingerprint density at radius 3 is 1.84 bits per heavy atom. The number of carbonyl (C=O) groups excluding carboxylic acids is 2. The monoisotopic (exact) mass is 286 g/mol. The number of hydrogen-bond acceptors (Lipinski definition) is 3. The molecule has 1 aliphatic rings. The van der Waals surface area contributed by atoms with Crippen LogP contribution < -0.4 is 0 Å². The highest BCUT2D eigenvalue weighted by molar-refractivity contribution is 8.01. The van der Waals surface area contributed by atoms with Crippen molar-refractivity contribution < 1.29 is 9.59 Å². The van der Waals surface area contributed by atoms with E-state index in [0.717, 1.165) is 0 Å². The average molecular weight is 286 g/mol. The van der Waals surface area contributed by atoms with Crippen molar-refractivity contribution in [2.24, 2.45) is 5.92 Å². The van der Waals surface area contributed by atoms with Gasteiger partial charge in [0, 0.05) is 38.4 Å². The van der Waals surface area contributed by atoms with Gasteiger partial charge in [0.25, 0.3) is 0 Å². The van der Waals surface area contributed by atoms with E-state index in [1.54, 1.807) is 23.6 Å². The summed E-state index contributed by atoms with van der Waals surface area (Å²) in [5.74, 6) is 0.887. The van der Waals surface area contributed by atoms with Gasteiger partial charge in [-0.25, -0.2) is 0 Å². The van der Waals surface area contributed by atoms with Gasteiger partial charge >= 0.3 is 0 Å². The predicted octanol–water partition coefficient (Wildman–Crippen LogP) is 1.84. The number of piperazine rings is 1. The molecule has 0 aliphatic carbocycles. The zero-order valence-electron chi connectivity index (χ0n) is 12.7. The summed E-state index contributed by atoms with van der Waals surface area (Å²) in [5, 5.41) is 0.485. The summed E-state index contributed by atoms with van der Waals surface area (Å²) in [6, 6.07) is 0. The maximum absolute atomic E-state index is 12.3. The van der Waals surface area contributed by atoms with Crippen LogP contribution in [-0.2, 0) is 9.59 Å². The normalized spacial score (nSPS) is 19.5. The highest BCUT2D eigenvalue weighted by Gasteiger charge is 2.27. The molecule has 0 saturated carbocycles. The van der Waals surface area contributed by atoms with Crippen molar-refractivity contribution in [3.8, 4) is 0 Å². The van der Waals surface area contributed by atoms with Crippen LogP contribution in [0.5, 0.6) is 0 Å². The largest absolute Gasteiger partial charge is 0.339 e. The third-order valence-electron chi connectivity index (χ3n) is 3.74. The van der Waals surface area contributed by atoms with E-state index in [-0.39, 0.29) is 17.1 Å². The summed E-state index contributed by atoms with van der Waals surface area (Å²) in [4.78, 5) is 27.3. The maximum Gasteiger partial charge on any atom is 0.235 e. The zero-order chi connectivity index (χ0) is 14.6. The molecule has 1 heterocycles. The van der Waals surface area contributed by atoms with Gasteiger partial charge in [-0.2, -0.15) is 0 Å². The van der Waals surface area contributed by atoms with E-state index < -0.39 is 0 Å². The molecular formula is C14H26N2O2S. The van der Waals surface area contributed by atoms with Gasteiger partial charge in [0.1, 0.15) is 0 Å². The Balaban J connectivity index is 2.44. The van der Waals surface area contributed by atoms with Crippen molar-refractivity contribution in [3.05, 3.63) is 0 Å². The van der Waals surface area contributed by atoms with Gasteiger partial charge in [-0.05, 0) is 12.8 Å². The fourth-order valence-corrected chi connectivity index (χ4v) is 3.26. The van der Waals surface area contributed by atoms with Crippen LogP contribution in [0.4, 0.5) is 0 Å². The molecule has 1 saturated heterocycles. The smallest absolute Gasteiger partial charge is 0.235 e. The SMILES string of the molecule is CC(=O)N1CCN(C(=O)[C@H](C)S[C@@H](C)C(C)C)CC1. The second-order valence-corrected chi connectivity index (χ2v) is 7.28. The summed E-state index contributed by atoms with van der Waals surface area (Å²) in [7, 11) is 0. The van der Waals surface area contributed by atoms with Crippen molar-refractivity contribution in [1.29, 1.82) is 0 Å². The van der Waals surface area contributed by atoms with Crippen molar-refractivity contribution in [2.75, 3.05) is 26.2 Å². The number of amides is 2. The molecule has 0 aromatic rings. The van der Waals surface area contributed by atoms with E-state index in [1.807, 2.05) is 11.8 Å². The fourth-order valence-electron chi connectivity index (χ4n) is 2.04. The van der Waals surface area contributed by atoms with Gasteiger partial charge < -0.3 is 9.80 Å². The van der Waals surface area contributed by atoms with E-state index in [1.165, 1.54) is 0 Å². The minimum Gasteiger partial charge on any atom is -0.339 e. The first-order valence-corrected chi connectivity index (χ1v) is 7.97. The van der Waals surface area contributed by atoms with E-state index in [9.17, 15) is 9.59 Å². The van der Waals surface area contributed by atoms with Gasteiger partial charge in [0.05, 0.1) is 5.25 Å². The van der Waals surface area contributed by atoms with Crippen LogP contribution in [0, 0.1) is 5.92 Å². The lowest BCUT2D eigenvalue weighted by atomic mass is 10.2. The lowest BCUT2D eigenvalue weighted by Crippen LogP contribution is -2.51. The summed E-state index contributed by atoms with van der Waals surface area (Å²) in [6.07, 6.45) is 0. The van der Waals surface area contributed by atoms with Crippen molar-refractivity contribution in [2.45, 2.75) is 45.1 Å². The van der Waals surface area contributed by atoms with Crippen LogP contribution in [0.1, 0.15) is 34.6 Å². The second-order valence-electron chi connectivity index (χ2n) is 5.56. The molecule has 1 fully saturated rings. The fraction of sp³-hybridized carbons (Fsp3) is 0.857. The van der Waals surface area contributed by atoms with Crippen molar-refractivity contribution in [1.82, 2.24) is 9.80 Å². The zero-order valence-corrected chi connectivity index (χ0v) is 13.5. The van der Waals surface area contributed by atoms with E-state index in [4.69, 9.17) is 0 Å². The lowest BCUT2D eigenvalue weighted by molar-refractivity contribution is -0.137. The molecule has 0 aromatic heterocycles. The Bertz CT molecular complexity index is 325. The Morgan fingerprint density at radius 2 is 1.42 bits per heavy atom. The number of hydrogen-bond donors (Lipinski definition) is 0. The molecule has 110 valence electrons. The summed E-state index contributed by atoms with van der Waals surface area (Å²) >= 11 is 1.74. The van der Waals surface area contributed by atoms with Crippen LogP contribution in [-0.4, -0.2) is 58.3 Å². The third kappa shape index (κ3) is 4.71. The minimum absolute atomic E-state index is 0.00118. The first-order chi connectivity index (χ1) is 8.82. The van der Waals surface area contributed by atoms with E-state index in [0.29, 0.717) is 37.3 Å². The van der Waals surface area contributed by atoms with Gasteiger partial charge in [-0.3, -0.25) is 9.59 Å². The molecular weight excluding hydrogens is 260 g/mol. The predicted molar refractivity (Wildman–Crippen MR) is 80.2 cm³/mol. The molecule has 5 heteroatoms. The Labute approximate surface area is 120 Å². The van der Waals surface area contributed by atoms with Crippen LogP contribution in [0.3, 0.4) is 0 Å². The molecule has 0 unspecified atom stereocenters. The van der Waals surface area contributed by atoms with Crippen molar-refractivity contribution >= 4 is 23.6 Å². The summed E-state index contributed by atoms with van der Waals surface area (Å²) < 4.78 is 0. The standard InChI is InChI=1S/C14H26N2O2S/c1-10(2)11(3)19-12(4)14(18)16-8-6-15(7-9-16)13(5)17/h10-12H,6-9H2,1-5H3/t11-,12-/m0/s1. The number of nitrogens with zero attached hydrogens (tertiary/aromatic N) is 2. The van der Waals surface area contributed by atoms with E-state index in [2.05, 4.69) is 20.8 Å². The average Bonchev–Trinajstić information content (AvgIpc) is 2.37. The van der Waals surface area contributed by atoms with Crippen LogP contribution in [0.2, 0.25) is 0 Å². The quantitative estimate of drug-likeness (QED) is 0.792. The first-order valence-electron chi connectivity index (χ1n) is 7.02. The molecule has 19 heavy (non-hydrogen) atoms. The molecule has 0 spiro atoms. The third-order valence-corrected chi connectivity index (χ3v) is 5.33. The summed E-state index contributed by atoms with van der Waals surface area (Å²) in [5.41, 5.74) is 0. The van der Waals surface area contributed by atoms with Crippen LogP contribution >= 0.6 is 11.8 Å². The minimum atomic E-state index is 0.00118. The number of thioether (sulfide) groups is 1. The highest BCUT2D eigenvalue weighted by atomic mass is 32.2. The number of carbonyl (C=O) groups is 2. The molecule has 1 aliphatic heterocycles. The Hall–Kier alpha value is -0.710. The topological polar surface area (TPSA) is 40.6 Å². The van der Waals surface area contributed by atoms with Gasteiger partial charge in [0.2, 0.25) is 11.8 Å². The van der Waals surface area contributed by atoms with Gasteiger partial charge in [-0.1, -0.05) is 20.8 Å². The Kier molecular flexibility index (Phi) is 6.17. The molecule has 0 radical (unpaired) electrons. The Morgan fingerprint density at radius 1 is 0.947 bits per heavy atom. The highest BCUT2D eigenvalue weighted by Crippen LogP contribution is 2.25. The van der Waals surface area contributed by atoms with E-state index >= 15 is 0 Å². The molecule has 2 amide bonds. The molecule has 1 rings (SSSR count). The van der Waals surface area contributed by atoms with Crippen LogP contribution in [0.15, 0.2) is 0 Å².